The fraction of sp³-hybridized carbons (Fsp3) is 0.500. The largest absolute Gasteiger partial charge is 0.449 e. The highest BCUT2D eigenvalue weighted by Crippen LogP contribution is 2.25. The maximum atomic E-state index is 13.2. The molecular weight excluding hydrogens is 526 g/mol. The van der Waals surface area contributed by atoms with E-state index in [1.807, 2.05) is 37.3 Å². The first-order valence-corrected chi connectivity index (χ1v) is 13.9. The van der Waals surface area contributed by atoms with Crippen molar-refractivity contribution in [1.29, 1.82) is 0 Å². The molecule has 0 radical (unpaired) electrons. The van der Waals surface area contributed by atoms with Gasteiger partial charge in [0.15, 0.2) is 0 Å². The van der Waals surface area contributed by atoms with Gasteiger partial charge >= 0.3 is 5.97 Å². The van der Waals surface area contributed by atoms with Crippen LogP contribution >= 0.6 is 0 Å². The standard InChI is InChI=1S/C30H39N5O6/c1-17-22-12-11-21-10-9-20(16-24(21)33-22)13-14-30(4,5)29(39)41-25(19(3)40-6)27(37)32-18(2)28(38)35-15-7-8-23(34-35)26(36)31-17/h9-14,16-19,23,25,34H,7-8,15H2,1-6H3,(H,31,36)(H,32,37)/b14-13+/t17-,18+,19+,23+,25+/m1/s1. The molecule has 1 aromatic carbocycles. The number of hydrazine groups is 1. The molecule has 3 amide bonds. The summed E-state index contributed by atoms with van der Waals surface area (Å²) in [7, 11) is 1.41. The number of cyclic esters (lactones) is 1. The minimum atomic E-state index is -1.29. The maximum absolute atomic E-state index is 13.2. The number of fused-ring (bicyclic) bond motifs is 4. The van der Waals surface area contributed by atoms with E-state index in [4.69, 9.17) is 14.5 Å². The van der Waals surface area contributed by atoms with Crippen LogP contribution in [0.1, 0.15) is 64.8 Å². The molecule has 2 aliphatic heterocycles. The Balaban J connectivity index is 1.71. The lowest BCUT2D eigenvalue weighted by molar-refractivity contribution is -0.170. The van der Waals surface area contributed by atoms with E-state index in [0.29, 0.717) is 25.1 Å². The predicted octanol–water partition coefficient (Wildman–Crippen LogP) is 2.41. The number of esters is 1. The van der Waals surface area contributed by atoms with E-state index in [0.717, 1.165) is 16.5 Å². The maximum Gasteiger partial charge on any atom is 0.316 e. The molecule has 2 aromatic rings. The van der Waals surface area contributed by atoms with Crippen LogP contribution in [-0.2, 0) is 28.7 Å². The van der Waals surface area contributed by atoms with Gasteiger partial charge in [0, 0.05) is 19.0 Å². The van der Waals surface area contributed by atoms with E-state index in [1.165, 1.54) is 12.1 Å². The number of aromatic nitrogens is 1. The van der Waals surface area contributed by atoms with Gasteiger partial charge < -0.3 is 20.1 Å². The first kappa shape index (κ1) is 30.1. The monoisotopic (exact) mass is 565 g/mol. The average molecular weight is 566 g/mol. The van der Waals surface area contributed by atoms with Gasteiger partial charge in [0.25, 0.3) is 11.8 Å². The molecule has 4 rings (SSSR count). The fourth-order valence-electron chi connectivity index (χ4n) is 4.73. The molecule has 11 nitrogen and oxygen atoms in total. The Hall–Kier alpha value is -3.83. The Kier molecular flexibility index (Phi) is 9.08. The van der Waals surface area contributed by atoms with E-state index in [2.05, 4.69) is 16.1 Å². The number of amides is 3. The van der Waals surface area contributed by atoms with Crippen molar-refractivity contribution in [3.63, 3.8) is 0 Å². The molecule has 220 valence electrons. The number of nitrogens with one attached hydrogen (secondary N) is 3. The summed E-state index contributed by atoms with van der Waals surface area (Å²) in [4.78, 5) is 57.6. The second kappa shape index (κ2) is 12.4. The second-order valence-corrected chi connectivity index (χ2v) is 11.3. The van der Waals surface area contributed by atoms with Crippen LogP contribution in [0, 0.1) is 5.41 Å². The van der Waals surface area contributed by atoms with Crippen LogP contribution in [0.3, 0.4) is 0 Å². The zero-order chi connectivity index (χ0) is 29.9. The summed E-state index contributed by atoms with van der Waals surface area (Å²) in [6.45, 7) is 8.78. The van der Waals surface area contributed by atoms with Gasteiger partial charge in [-0.15, -0.1) is 0 Å². The van der Waals surface area contributed by atoms with E-state index < -0.39 is 47.5 Å². The molecule has 5 atom stereocenters. The highest BCUT2D eigenvalue weighted by Gasteiger charge is 2.37. The summed E-state index contributed by atoms with van der Waals surface area (Å²) >= 11 is 0. The summed E-state index contributed by atoms with van der Waals surface area (Å²) in [6, 6.07) is 7.64. The molecule has 2 aliphatic rings. The number of pyridine rings is 1. The zero-order valence-corrected chi connectivity index (χ0v) is 24.4. The number of methoxy groups -OCH3 is 1. The number of carbonyl (C=O) groups is 4. The highest BCUT2D eigenvalue weighted by molar-refractivity contribution is 5.92. The molecule has 0 spiro atoms. The Morgan fingerprint density at radius 1 is 1.05 bits per heavy atom. The SMILES string of the molecule is CO[C@@H](C)[C@@H]1OC(=O)C(C)(C)/C=C/c2ccc3ccc(nc3c2)[C@@H](C)NC(=O)[C@@H]2CCCN(N2)C(=O)[C@H](C)NC1=O. The summed E-state index contributed by atoms with van der Waals surface area (Å²) in [5.41, 5.74) is 4.18. The number of hydrogen-bond donors (Lipinski definition) is 3. The van der Waals surface area contributed by atoms with Crippen molar-refractivity contribution < 1.29 is 28.7 Å². The summed E-state index contributed by atoms with van der Waals surface area (Å²) in [5, 5.41) is 7.94. The number of rotatable bonds is 2. The Labute approximate surface area is 240 Å². The van der Waals surface area contributed by atoms with Crippen molar-refractivity contribution in [2.45, 2.75) is 77.8 Å². The molecule has 3 N–H and O–H groups in total. The Morgan fingerprint density at radius 3 is 2.49 bits per heavy atom. The molecule has 1 saturated heterocycles. The molecular formula is C30H39N5O6. The van der Waals surface area contributed by atoms with Crippen molar-refractivity contribution in [2.24, 2.45) is 5.41 Å². The lowest BCUT2D eigenvalue weighted by atomic mass is 9.92. The van der Waals surface area contributed by atoms with Gasteiger partial charge in [-0.25, -0.2) is 5.43 Å². The second-order valence-electron chi connectivity index (χ2n) is 11.3. The quantitative estimate of drug-likeness (QED) is 0.472. The van der Waals surface area contributed by atoms with Crippen molar-refractivity contribution in [3.8, 4) is 0 Å². The number of ether oxygens (including phenoxy) is 2. The normalized spacial score (nSPS) is 27.5. The Morgan fingerprint density at radius 2 is 1.76 bits per heavy atom. The molecule has 0 unspecified atom stereocenters. The van der Waals surface area contributed by atoms with Crippen molar-refractivity contribution >= 4 is 40.7 Å². The number of hydrogen-bond acceptors (Lipinski definition) is 8. The van der Waals surface area contributed by atoms with Crippen LogP contribution in [0.5, 0.6) is 0 Å². The summed E-state index contributed by atoms with van der Waals surface area (Å²) in [6.07, 6.45) is 2.60. The Bertz CT molecular complexity index is 1360. The van der Waals surface area contributed by atoms with Crippen LogP contribution in [0.4, 0.5) is 0 Å². The number of benzene rings is 1. The van der Waals surface area contributed by atoms with Gasteiger partial charge in [0.2, 0.25) is 12.0 Å². The molecule has 0 saturated carbocycles. The van der Waals surface area contributed by atoms with Gasteiger partial charge in [-0.3, -0.25) is 29.2 Å². The average Bonchev–Trinajstić information content (AvgIpc) is 2.96. The minimum absolute atomic E-state index is 0.251. The molecule has 3 heterocycles. The van der Waals surface area contributed by atoms with Crippen molar-refractivity contribution in [2.75, 3.05) is 13.7 Å². The number of carbonyl (C=O) groups excluding carboxylic acids is 4. The highest BCUT2D eigenvalue weighted by atomic mass is 16.6. The van der Waals surface area contributed by atoms with Gasteiger partial charge in [0.05, 0.1) is 22.7 Å². The number of nitrogens with zero attached hydrogens (tertiary/aromatic N) is 2. The summed E-state index contributed by atoms with van der Waals surface area (Å²) < 4.78 is 11.0. The van der Waals surface area contributed by atoms with Crippen molar-refractivity contribution in [3.05, 3.63) is 47.7 Å². The molecule has 41 heavy (non-hydrogen) atoms. The molecule has 11 heteroatoms. The topological polar surface area (TPSA) is 139 Å². The van der Waals surface area contributed by atoms with Gasteiger partial charge in [-0.2, -0.15) is 0 Å². The first-order chi connectivity index (χ1) is 19.4. The van der Waals surface area contributed by atoms with Crippen LogP contribution < -0.4 is 16.1 Å². The van der Waals surface area contributed by atoms with Crippen LogP contribution in [0.2, 0.25) is 0 Å². The van der Waals surface area contributed by atoms with Gasteiger partial charge in [-0.05, 0) is 65.2 Å². The minimum Gasteiger partial charge on any atom is -0.449 e. The predicted molar refractivity (Wildman–Crippen MR) is 153 cm³/mol. The lowest BCUT2D eigenvalue weighted by Gasteiger charge is -2.35. The zero-order valence-electron chi connectivity index (χ0n) is 24.4. The van der Waals surface area contributed by atoms with Gasteiger partial charge in [-0.1, -0.05) is 30.4 Å². The third-order valence-corrected chi connectivity index (χ3v) is 7.55. The van der Waals surface area contributed by atoms with E-state index in [9.17, 15) is 19.2 Å². The van der Waals surface area contributed by atoms with Crippen LogP contribution in [-0.4, -0.2) is 71.6 Å². The molecule has 1 aromatic heterocycles. The van der Waals surface area contributed by atoms with Crippen LogP contribution in [0.15, 0.2) is 36.4 Å². The van der Waals surface area contributed by atoms with Gasteiger partial charge in [0.1, 0.15) is 18.2 Å². The van der Waals surface area contributed by atoms with E-state index >= 15 is 0 Å². The van der Waals surface area contributed by atoms with Crippen molar-refractivity contribution in [1.82, 2.24) is 26.1 Å². The lowest BCUT2D eigenvalue weighted by Crippen LogP contribution is -2.61. The fourth-order valence-corrected chi connectivity index (χ4v) is 4.73. The van der Waals surface area contributed by atoms with Crippen LogP contribution in [0.25, 0.3) is 17.0 Å². The summed E-state index contributed by atoms with van der Waals surface area (Å²) in [5.74, 6) is -1.95. The van der Waals surface area contributed by atoms with E-state index in [1.54, 1.807) is 39.8 Å². The van der Waals surface area contributed by atoms with E-state index in [-0.39, 0.29) is 11.9 Å². The molecule has 1 fully saturated rings. The smallest absolute Gasteiger partial charge is 0.316 e. The molecule has 0 aliphatic carbocycles. The third-order valence-electron chi connectivity index (χ3n) is 7.55. The third kappa shape index (κ3) is 6.91. The molecule has 5 bridgehead atoms. The first-order valence-electron chi connectivity index (χ1n) is 13.9.